The molecule has 1 aliphatic heterocycles. The molecule has 1 amide bonds. The molecule has 0 saturated carbocycles. The molecule has 0 radical (unpaired) electrons. The van der Waals surface area contributed by atoms with Gasteiger partial charge in [0.2, 0.25) is 5.76 Å². The van der Waals surface area contributed by atoms with Gasteiger partial charge in [-0.15, -0.1) is 0 Å². The van der Waals surface area contributed by atoms with E-state index in [1.165, 1.54) is 0 Å². The highest BCUT2D eigenvalue weighted by molar-refractivity contribution is 6.10. The Morgan fingerprint density at radius 1 is 0.972 bits per heavy atom. The maximum Gasteiger partial charge on any atom is 0.295 e. The van der Waals surface area contributed by atoms with Crippen molar-refractivity contribution in [2.24, 2.45) is 5.92 Å². The van der Waals surface area contributed by atoms with E-state index in [0.29, 0.717) is 46.2 Å². The van der Waals surface area contributed by atoms with Crippen LogP contribution in [0.3, 0.4) is 0 Å². The van der Waals surface area contributed by atoms with Crippen LogP contribution >= 0.6 is 0 Å². The van der Waals surface area contributed by atoms with Crippen LogP contribution in [0, 0.1) is 12.8 Å². The summed E-state index contributed by atoms with van der Waals surface area (Å²) in [4.78, 5) is 29.1. The van der Waals surface area contributed by atoms with Gasteiger partial charge in [-0.1, -0.05) is 49.7 Å². The van der Waals surface area contributed by atoms with Crippen molar-refractivity contribution in [3.05, 3.63) is 99.4 Å². The van der Waals surface area contributed by atoms with Crippen molar-refractivity contribution >= 4 is 22.6 Å². The molecule has 184 valence electrons. The van der Waals surface area contributed by atoms with Gasteiger partial charge in [-0.3, -0.25) is 14.5 Å². The molecule has 1 aromatic heterocycles. The Kier molecular flexibility index (Phi) is 6.27. The molecule has 0 saturated heterocycles. The van der Waals surface area contributed by atoms with E-state index in [0.717, 1.165) is 17.5 Å². The van der Waals surface area contributed by atoms with Crippen molar-refractivity contribution in [3.8, 4) is 11.5 Å². The number of methoxy groups -OCH3 is 1. The Hall–Kier alpha value is -4.06. The summed E-state index contributed by atoms with van der Waals surface area (Å²) in [6.45, 7) is 6.79. The molecule has 0 N–H and O–H groups in total. The maximum absolute atomic E-state index is 13.8. The highest BCUT2D eigenvalue weighted by Crippen LogP contribution is 2.43. The van der Waals surface area contributed by atoms with Gasteiger partial charge in [0, 0.05) is 5.69 Å². The summed E-state index contributed by atoms with van der Waals surface area (Å²) in [6.07, 6.45) is 0.921. The fourth-order valence-corrected chi connectivity index (χ4v) is 4.64. The summed E-state index contributed by atoms with van der Waals surface area (Å²) in [6, 6.07) is 19.6. The zero-order chi connectivity index (χ0) is 25.4. The van der Waals surface area contributed by atoms with Crippen molar-refractivity contribution in [1.82, 2.24) is 0 Å². The number of carbonyl (C=O) groups is 1. The minimum atomic E-state index is -0.672. The van der Waals surface area contributed by atoms with Gasteiger partial charge in [0.05, 0.1) is 30.7 Å². The number of fused-ring (bicyclic) bond motifs is 2. The Morgan fingerprint density at radius 2 is 1.75 bits per heavy atom. The highest BCUT2D eigenvalue weighted by atomic mass is 16.5. The second-order valence-corrected chi connectivity index (χ2v) is 9.53. The van der Waals surface area contributed by atoms with Crippen molar-refractivity contribution in [1.29, 1.82) is 0 Å². The van der Waals surface area contributed by atoms with E-state index >= 15 is 0 Å². The monoisotopic (exact) mass is 483 g/mol. The first-order chi connectivity index (χ1) is 17.4. The zero-order valence-electron chi connectivity index (χ0n) is 20.9. The molecule has 6 heteroatoms. The van der Waals surface area contributed by atoms with Gasteiger partial charge in [-0.05, 0) is 61.2 Å². The number of para-hydroxylation sites is 1. The number of ether oxygens (including phenoxy) is 2. The van der Waals surface area contributed by atoms with Gasteiger partial charge in [0.1, 0.15) is 5.58 Å². The Bertz CT molecular complexity index is 1490. The number of hydrogen-bond acceptors (Lipinski definition) is 5. The van der Waals surface area contributed by atoms with Crippen molar-refractivity contribution in [2.75, 3.05) is 18.6 Å². The van der Waals surface area contributed by atoms with Crippen LogP contribution in [0.4, 0.5) is 5.69 Å². The molecule has 0 spiro atoms. The minimum Gasteiger partial charge on any atom is -0.493 e. The second kappa shape index (κ2) is 9.53. The molecule has 1 aliphatic rings. The largest absolute Gasteiger partial charge is 0.493 e. The molecule has 1 atom stereocenters. The fourth-order valence-electron chi connectivity index (χ4n) is 4.64. The number of hydrogen-bond donors (Lipinski definition) is 0. The van der Waals surface area contributed by atoms with Gasteiger partial charge in [-0.2, -0.15) is 0 Å². The molecule has 4 aromatic rings. The molecule has 6 nitrogen and oxygen atoms in total. The number of nitrogens with zero attached hydrogens (tertiary/aromatic N) is 1. The van der Waals surface area contributed by atoms with Crippen LogP contribution < -0.4 is 19.8 Å². The number of benzene rings is 3. The topological polar surface area (TPSA) is 69.0 Å². The summed E-state index contributed by atoms with van der Waals surface area (Å²) in [7, 11) is 1.59. The predicted molar refractivity (Wildman–Crippen MR) is 140 cm³/mol. The summed E-state index contributed by atoms with van der Waals surface area (Å²) in [5, 5.41) is 0.460. The van der Waals surface area contributed by atoms with Gasteiger partial charge in [-0.25, -0.2) is 0 Å². The molecule has 0 fully saturated rings. The van der Waals surface area contributed by atoms with E-state index < -0.39 is 6.04 Å². The fraction of sp³-hybridized carbons (Fsp3) is 0.267. The molecule has 0 bridgehead atoms. The summed E-state index contributed by atoms with van der Waals surface area (Å²) < 4.78 is 17.7. The molecule has 36 heavy (non-hydrogen) atoms. The first-order valence-corrected chi connectivity index (χ1v) is 12.2. The van der Waals surface area contributed by atoms with E-state index in [9.17, 15) is 9.59 Å². The molecule has 0 aliphatic carbocycles. The first kappa shape index (κ1) is 23.7. The lowest BCUT2D eigenvalue weighted by Gasteiger charge is -2.26. The highest BCUT2D eigenvalue weighted by Gasteiger charge is 2.43. The molecule has 3 aromatic carbocycles. The van der Waals surface area contributed by atoms with Gasteiger partial charge in [0.15, 0.2) is 16.9 Å². The average Bonchev–Trinajstić information content (AvgIpc) is 3.17. The number of rotatable bonds is 7. The van der Waals surface area contributed by atoms with Crippen LogP contribution in [-0.4, -0.2) is 19.6 Å². The number of amides is 1. The summed E-state index contributed by atoms with van der Waals surface area (Å²) in [5.74, 6) is 1.41. The van der Waals surface area contributed by atoms with Gasteiger partial charge in [0.25, 0.3) is 5.91 Å². The van der Waals surface area contributed by atoms with Crippen LogP contribution in [0.15, 0.2) is 75.9 Å². The van der Waals surface area contributed by atoms with Crippen LogP contribution in [0.2, 0.25) is 0 Å². The van der Waals surface area contributed by atoms with E-state index in [2.05, 4.69) is 13.8 Å². The van der Waals surface area contributed by atoms with Crippen LogP contribution in [0.5, 0.6) is 11.5 Å². The van der Waals surface area contributed by atoms with Crippen LogP contribution in [-0.2, 0) is 0 Å². The lowest BCUT2D eigenvalue weighted by molar-refractivity contribution is 0.0971. The normalized spacial score (nSPS) is 15.0. The van der Waals surface area contributed by atoms with Crippen LogP contribution in [0.1, 0.15) is 53.6 Å². The number of anilines is 1. The standard InChI is InChI=1S/C30H29NO5/c1-18(2)14-15-35-24-13-11-20(17-25(24)34-4)27-26-28(32)22-16-19(3)10-12-23(22)36-29(26)30(33)31(27)21-8-6-5-7-9-21/h5-13,16-18,27H,14-15H2,1-4H3. The van der Waals surface area contributed by atoms with Gasteiger partial charge < -0.3 is 13.9 Å². The molecular formula is C30H29NO5. The molecular weight excluding hydrogens is 454 g/mol. The number of aryl methyl sites for hydroxylation is 1. The molecule has 2 heterocycles. The van der Waals surface area contributed by atoms with Crippen molar-refractivity contribution in [2.45, 2.75) is 33.2 Å². The lowest BCUT2D eigenvalue weighted by atomic mass is 9.97. The number of carbonyl (C=O) groups excluding carboxylic acids is 1. The molecule has 5 rings (SSSR count). The van der Waals surface area contributed by atoms with Gasteiger partial charge >= 0.3 is 0 Å². The van der Waals surface area contributed by atoms with E-state index in [4.69, 9.17) is 13.9 Å². The zero-order valence-corrected chi connectivity index (χ0v) is 20.9. The van der Waals surface area contributed by atoms with Crippen LogP contribution in [0.25, 0.3) is 11.0 Å². The van der Waals surface area contributed by atoms with Crippen molar-refractivity contribution < 1.29 is 18.7 Å². The third-order valence-corrected chi connectivity index (χ3v) is 6.52. The third kappa shape index (κ3) is 4.13. The Balaban J connectivity index is 1.68. The van der Waals surface area contributed by atoms with E-state index in [-0.39, 0.29) is 17.1 Å². The smallest absolute Gasteiger partial charge is 0.295 e. The van der Waals surface area contributed by atoms with E-state index in [1.807, 2.05) is 61.5 Å². The maximum atomic E-state index is 13.8. The summed E-state index contributed by atoms with van der Waals surface area (Å²) in [5.41, 5.74) is 2.88. The quantitative estimate of drug-likeness (QED) is 0.309. The lowest BCUT2D eigenvalue weighted by Crippen LogP contribution is -2.29. The van der Waals surface area contributed by atoms with E-state index in [1.54, 1.807) is 24.1 Å². The Labute approximate surface area is 210 Å². The molecule has 1 unspecified atom stereocenters. The SMILES string of the molecule is COc1cc(C2c3c(oc4ccc(C)cc4c3=O)C(=O)N2c2ccccc2)ccc1OCCC(C)C. The van der Waals surface area contributed by atoms with Crippen molar-refractivity contribution in [3.63, 3.8) is 0 Å². The Morgan fingerprint density at radius 3 is 2.47 bits per heavy atom. The third-order valence-electron chi connectivity index (χ3n) is 6.52. The minimum absolute atomic E-state index is 0.0708. The first-order valence-electron chi connectivity index (χ1n) is 12.2. The second-order valence-electron chi connectivity index (χ2n) is 9.53. The predicted octanol–water partition coefficient (Wildman–Crippen LogP) is 6.28. The average molecular weight is 484 g/mol. The summed E-state index contributed by atoms with van der Waals surface area (Å²) >= 11 is 0.